The van der Waals surface area contributed by atoms with Gasteiger partial charge in [-0.05, 0) is 38.0 Å². The van der Waals surface area contributed by atoms with E-state index >= 15 is 0 Å². The first-order chi connectivity index (χ1) is 12.0. The Bertz CT molecular complexity index is 968. The van der Waals surface area contributed by atoms with Gasteiger partial charge in [0.25, 0.3) is 5.91 Å². The van der Waals surface area contributed by atoms with E-state index in [1.807, 2.05) is 19.9 Å². The number of ether oxygens (including phenoxy) is 1. The average molecular weight is 341 g/mol. The van der Waals surface area contributed by atoms with Crippen molar-refractivity contribution in [2.75, 3.05) is 11.9 Å². The van der Waals surface area contributed by atoms with Crippen molar-refractivity contribution < 1.29 is 13.9 Å². The maximum atomic E-state index is 12.1. The minimum absolute atomic E-state index is 0.159. The average Bonchev–Trinajstić information content (AvgIpc) is 2.90. The molecule has 3 aromatic rings. The van der Waals surface area contributed by atoms with E-state index < -0.39 is 5.63 Å². The third kappa shape index (κ3) is 3.55. The van der Waals surface area contributed by atoms with Gasteiger partial charge in [-0.2, -0.15) is 5.10 Å². The summed E-state index contributed by atoms with van der Waals surface area (Å²) < 4.78 is 10.7. The molecule has 1 aromatic carbocycles. The van der Waals surface area contributed by atoms with E-state index in [9.17, 15) is 9.59 Å². The van der Waals surface area contributed by atoms with Crippen LogP contribution in [0.3, 0.4) is 0 Å². The summed E-state index contributed by atoms with van der Waals surface area (Å²) in [6, 6.07) is 6.70. The second kappa shape index (κ2) is 6.80. The first kappa shape index (κ1) is 16.8. The monoisotopic (exact) mass is 341 g/mol. The van der Waals surface area contributed by atoms with E-state index in [0.717, 1.165) is 23.1 Å². The van der Waals surface area contributed by atoms with Crippen molar-refractivity contribution in [3.63, 3.8) is 0 Å². The fraction of sp³-hybridized carbons (Fsp3) is 0.278. The first-order valence-corrected chi connectivity index (χ1v) is 7.99. The number of nitrogens with zero attached hydrogens (tertiary/aromatic N) is 1. The van der Waals surface area contributed by atoms with Crippen molar-refractivity contribution in [1.82, 2.24) is 10.2 Å². The molecule has 2 aromatic heterocycles. The molecule has 0 saturated carbocycles. The highest BCUT2D eigenvalue weighted by Crippen LogP contribution is 2.23. The van der Waals surface area contributed by atoms with Crippen LogP contribution in [0.25, 0.3) is 11.0 Å². The van der Waals surface area contributed by atoms with Gasteiger partial charge in [0.2, 0.25) is 0 Å². The molecule has 0 aliphatic rings. The molecule has 0 saturated heterocycles. The maximum absolute atomic E-state index is 12.1. The van der Waals surface area contributed by atoms with Crippen molar-refractivity contribution in [3.05, 3.63) is 51.6 Å². The van der Waals surface area contributed by atoms with Gasteiger partial charge in [0.1, 0.15) is 11.3 Å². The molecule has 0 unspecified atom stereocenters. The largest absolute Gasteiger partial charge is 0.484 e. The number of carbonyl (C=O) groups excluding carboxylic acids is 1. The molecule has 2 heterocycles. The fourth-order valence-corrected chi connectivity index (χ4v) is 2.65. The van der Waals surface area contributed by atoms with Crippen LogP contribution < -0.4 is 15.7 Å². The van der Waals surface area contributed by atoms with Crippen molar-refractivity contribution in [2.45, 2.75) is 27.2 Å². The SMILES string of the molecule is CCc1cc(=O)oc2cc(OCC(=O)Nc3c(C)n[nH]c3C)ccc12. The maximum Gasteiger partial charge on any atom is 0.336 e. The van der Waals surface area contributed by atoms with E-state index in [1.165, 1.54) is 6.07 Å². The van der Waals surface area contributed by atoms with Gasteiger partial charge in [-0.15, -0.1) is 0 Å². The topological polar surface area (TPSA) is 97.2 Å². The molecule has 0 radical (unpaired) electrons. The highest BCUT2D eigenvalue weighted by atomic mass is 16.5. The predicted molar refractivity (Wildman–Crippen MR) is 94.0 cm³/mol. The van der Waals surface area contributed by atoms with Gasteiger partial charge < -0.3 is 14.5 Å². The molecule has 0 aliphatic heterocycles. The lowest BCUT2D eigenvalue weighted by Gasteiger charge is -2.09. The van der Waals surface area contributed by atoms with Crippen LogP contribution in [-0.2, 0) is 11.2 Å². The van der Waals surface area contributed by atoms with Crippen LogP contribution in [0.5, 0.6) is 5.75 Å². The van der Waals surface area contributed by atoms with E-state index in [1.54, 1.807) is 19.1 Å². The molecule has 2 N–H and O–H groups in total. The summed E-state index contributed by atoms with van der Waals surface area (Å²) in [6.07, 6.45) is 0.730. The molecule has 0 bridgehead atoms. The molecule has 0 aliphatic carbocycles. The van der Waals surface area contributed by atoms with Gasteiger partial charge in [-0.25, -0.2) is 4.79 Å². The second-order valence-electron chi connectivity index (χ2n) is 5.75. The third-order valence-electron chi connectivity index (χ3n) is 3.95. The minimum Gasteiger partial charge on any atom is -0.484 e. The van der Waals surface area contributed by atoms with E-state index in [4.69, 9.17) is 9.15 Å². The Kier molecular flexibility index (Phi) is 4.56. The molecule has 1 amide bonds. The van der Waals surface area contributed by atoms with Crippen molar-refractivity contribution >= 4 is 22.6 Å². The Morgan fingerprint density at radius 1 is 1.32 bits per heavy atom. The van der Waals surface area contributed by atoms with Crippen LogP contribution in [-0.4, -0.2) is 22.7 Å². The highest BCUT2D eigenvalue weighted by Gasteiger charge is 2.11. The quantitative estimate of drug-likeness (QED) is 0.696. The van der Waals surface area contributed by atoms with Gasteiger partial charge >= 0.3 is 5.63 Å². The number of rotatable bonds is 5. The van der Waals surface area contributed by atoms with Gasteiger partial charge in [-0.3, -0.25) is 9.89 Å². The number of aromatic nitrogens is 2. The summed E-state index contributed by atoms with van der Waals surface area (Å²) >= 11 is 0. The summed E-state index contributed by atoms with van der Waals surface area (Å²) in [4.78, 5) is 23.7. The molecule has 0 spiro atoms. The number of hydrogen-bond acceptors (Lipinski definition) is 5. The number of H-pyrrole nitrogens is 1. The van der Waals surface area contributed by atoms with Crippen LogP contribution in [0.1, 0.15) is 23.9 Å². The number of benzene rings is 1. The number of anilines is 1. The molecule has 7 nitrogen and oxygen atoms in total. The van der Waals surface area contributed by atoms with Crippen LogP contribution in [0.15, 0.2) is 33.5 Å². The molecule has 130 valence electrons. The predicted octanol–water partition coefficient (Wildman–Crippen LogP) is 2.71. The highest BCUT2D eigenvalue weighted by molar-refractivity contribution is 5.93. The second-order valence-corrected chi connectivity index (χ2v) is 5.75. The molecule has 7 heteroatoms. The lowest BCUT2D eigenvalue weighted by atomic mass is 10.1. The standard InChI is InChI=1S/C18H19N3O4/c1-4-12-7-17(23)25-15-8-13(5-6-14(12)15)24-9-16(22)19-18-10(2)20-21-11(18)3/h5-8H,4,9H2,1-3H3,(H,19,22)(H,20,21). The Morgan fingerprint density at radius 2 is 2.12 bits per heavy atom. The number of fused-ring (bicyclic) bond motifs is 1. The van der Waals surface area contributed by atoms with E-state index in [-0.39, 0.29) is 12.5 Å². The van der Waals surface area contributed by atoms with Crippen molar-refractivity contribution in [1.29, 1.82) is 0 Å². The first-order valence-electron chi connectivity index (χ1n) is 7.99. The minimum atomic E-state index is -0.398. The summed E-state index contributed by atoms with van der Waals surface area (Å²) in [5, 5.41) is 10.5. The lowest BCUT2D eigenvalue weighted by molar-refractivity contribution is -0.118. The number of aromatic amines is 1. The van der Waals surface area contributed by atoms with Gasteiger partial charge in [-0.1, -0.05) is 6.92 Å². The Labute approximate surface area is 144 Å². The molecule has 0 fully saturated rings. The Morgan fingerprint density at radius 3 is 2.80 bits per heavy atom. The summed E-state index contributed by atoms with van der Waals surface area (Å²) in [6.45, 7) is 5.44. The van der Waals surface area contributed by atoms with Crippen LogP contribution in [0, 0.1) is 13.8 Å². The molecule has 25 heavy (non-hydrogen) atoms. The normalized spacial score (nSPS) is 10.8. The van der Waals surface area contributed by atoms with Crippen LogP contribution in [0.2, 0.25) is 0 Å². The smallest absolute Gasteiger partial charge is 0.336 e. The summed E-state index contributed by atoms with van der Waals surface area (Å²) in [5.74, 6) is 0.163. The Hall–Kier alpha value is -3.09. The summed E-state index contributed by atoms with van der Waals surface area (Å²) in [5.41, 5.74) is 3.12. The Balaban J connectivity index is 1.73. The van der Waals surface area contributed by atoms with E-state index in [0.29, 0.717) is 22.7 Å². The lowest BCUT2D eigenvalue weighted by Crippen LogP contribution is -2.20. The number of amides is 1. The number of nitrogens with one attached hydrogen (secondary N) is 2. The van der Waals surface area contributed by atoms with Crippen molar-refractivity contribution in [3.8, 4) is 5.75 Å². The molecule has 0 atom stereocenters. The fourth-order valence-electron chi connectivity index (χ4n) is 2.65. The van der Waals surface area contributed by atoms with Crippen LogP contribution in [0.4, 0.5) is 5.69 Å². The third-order valence-corrected chi connectivity index (χ3v) is 3.95. The van der Waals surface area contributed by atoms with E-state index in [2.05, 4.69) is 15.5 Å². The number of hydrogen-bond donors (Lipinski definition) is 2. The zero-order valence-corrected chi connectivity index (χ0v) is 14.3. The number of carbonyl (C=O) groups is 1. The van der Waals surface area contributed by atoms with Crippen LogP contribution >= 0.6 is 0 Å². The zero-order valence-electron chi connectivity index (χ0n) is 14.3. The molecular weight excluding hydrogens is 322 g/mol. The number of aryl methyl sites for hydroxylation is 3. The van der Waals surface area contributed by atoms with Gasteiger partial charge in [0.15, 0.2) is 6.61 Å². The van der Waals surface area contributed by atoms with Gasteiger partial charge in [0, 0.05) is 17.5 Å². The zero-order chi connectivity index (χ0) is 18.0. The van der Waals surface area contributed by atoms with Crippen molar-refractivity contribution in [2.24, 2.45) is 0 Å². The molecule has 3 rings (SSSR count). The summed E-state index contributed by atoms with van der Waals surface area (Å²) in [7, 11) is 0. The molecular formula is C18H19N3O4. The van der Waals surface area contributed by atoms with Gasteiger partial charge in [0.05, 0.1) is 17.1 Å².